The van der Waals surface area contributed by atoms with E-state index in [9.17, 15) is 27.6 Å². The van der Waals surface area contributed by atoms with Crippen LogP contribution in [0.1, 0.15) is 32.1 Å². The molecule has 0 spiro atoms. The molecule has 3 aromatic carbocycles. The molecule has 0 aliphatic heterocycles. The van der Waals surface area contributed by atoms with Crippen molar-refractivity contribution in [2.75, 3.05) is 5.32 Å². The van der Waals surface area contributed by atoms with E-state index in [0.717, 1.165) is 28.2 Å². The molecule has 2 amide bonds. The van der Waals surface area contributed by atoms with Crippen LogP contribution in [0.4, 0.5) is 23.2 Å². The molecule has 9 nitrogen and oxygen atoms in total. The highest BCUT2D eigenvalue weighted by Crippen LogP contribution is 2.39. The molecule has 0 unspecified atom stereocenters. The summed E-state index contributed by atoms with van der Waals surface area (Å²) in [6.07, 6.45) is -4.79. The van der Waals surface area contributed by atoms with Gasteiger partial charge in [0.2, 0.25) is 5.91 Å². The number of rotatable bonds is 5. The monoisotopic (exact) mass is 570 g/mol. The molecule has 204 valence electrons. The lowest BCUT2D eigenvalue weighted by Crippen LogP contribution is -2.21. The molecule has 0 aliphatic rings. The number of nitrogens with one attached hydrogen (secondary N) is 1. The zero-order valence-corrected chi connectivity index (χ0v) is 21.5. The van der Waals surface area contributed by atoms with Crippen LogP contribution >= 0.6 is 11.3 Å². The molecule has 2 aromatic heterocycles. The van der Waals surface area contributed by atoms with Crippen LogP contribution in [0.15, 0.2) is 59.4 Å². The largest absolute Gasteiger partial charge is 0.416 e. The maximum absolute atomic E-state index is 15.3. The molecule has 2 heterocycles. The second kappa shape index (κ2) is 9.72. The number of fused-ring (bicyclic) bond motifs is 1. The average Bonchev–Trinajstić information content (AvgIpc) is 3.42. The Morgan fingerprint density at radius 3 is 2.45 bits per heavy atom. The molecular formula is C26H18F4N6O3S. The molecule has 40 heavy (non-hydrogen) atoms. The van der Waals surface area contributed by atoms with E-state index in [2.05, 4.69) is 15.4 Å². The smallest absolute Gasteiger partial charge is 0.366 e. The number of amides is 2. The van der Waals surface area contributed by atoms with Crippen molar-refractivity contribution in [1.82, 2.24) is 19.3 Å². The average molecular weight is 571 g/mol. The lowest BCUT2D eigenvalue weighted by Gasteiger charge is -2.11. The van der Waals surface area contributed by atoms with E-state index >= 15 is 4.39 Å². The number of anilines is 1. The molecule has 0 fully saturated rings. The Hall–Kier alpha value is -4.85. The molecule has 5 aromatic rings. The van der Waals surface area contributed by atoms with Crippen molar-refractivity contribution in [3.8, 4) is 16.3 Å². The van der Waals surface area contributed by atoms with E-state index in [1.165, 1.54) is 48.0 Å². The van der Waals surface area contributed by atoms with Crippen LogP contribution < -0.4 is 16.7 Å². The van der Waals surface area contributed by atoms with Crippen molar-refractivity contribution in [3.63, 3.8) is 0 Å². The number of carbonyl (C=O) groups excluding carboxylic acids is 2. The van der Waals surface area contributed by atoms with Gasteiger partial charge in [-0.1, -0.05) is 6.07 Å². The number of halogens is 4. The third-order valence-electron chi connectivity index (χ3n) is 5.99. The first kappa shape index (κ1) is 26.7. The van der Waals surface area contributed by atoms with Gasteiger partial charge in [0.15, 0.2) is 0 Å². The third-order valence-corrected chi connectivity index (χ3v) is 7.13. The predicted octanol–water partition coefficient (Wildman–Crippen LogP) is 4.67. The molecule has 0 atom stereocenters. The van der Waals surface area contributed by atoms with Crippen LogP contribution in [-0.2, 0) is 13.2 Å². The van der Waals surface area contributed by atoms with Crippen molar-refractivity contribution < 1.29 is 27.2 Å². The van der Waals surface area contributed by atoms with Crippen LogP contribution in [0.3, 0.4) is 0 Å². The Labute approximate surface area is 226 Å². The molecule has 0 aliphatic carbocycles. The van der Waals surface area contributed by atoms with Gasteiger partial charge in [-0.3, -0.25) is 9.59 Å². The fourth-order valence-electron chi connectivity index (χ4n) is 4.13. The van der Waals surface area contributed by atoms with Gasteiger partial charge in [0.25, 0.3) is 5.91 Å². The van der Waals surface area contributed by atoms with Crippen LogP contribution in [0.25, 0.3) is 26.5 Å². The van der Waals surface area contributed by atoms with Gasteiger partial charge in [0.1, 0.15) is 16.6 Å². The molecule has 0 saturated carbocycles. The SMILES string of the molecule is Cc1nn(C)c(=O)n1-c1ccc(-c2nc3cc(C(F)(F)F)cc(C(=O)Nc4cccc(C(N)=O)c4)c3s2)c(F)c1. The Bertz CT molecular complexity index is 1890. The highest BCUT2D eigenvalue weighted by Gasteiger charge is 2.33. The summed E-state index contributed by atoms with van der Waals surface area (Å²) < 4.78 is 58.7. The normalized spacial score (nSPS) is 11.7. The maximum Gasteiger partial charge on any atom is 0.416 e. The van der Waals surface area contributed by atoms with Crippen LogP contribution in [-0.4, -0.2) is 31.1 Å². The first-order valence-corrected chi connectivity index (χ1v) is 12.3. The molecule has 5 rings (SSSR count). The fraction of sp³-hybridized carbons (Fsp3) is 0.115. The molecule has 14 heteroatoms. The highest BCUT2D eigenvalue weighted by atomic mass is 32.1. The predicted molar refractivity (Wildman–Crippen MR) is 140 cm³/mol. The topological polar surface area (TPSA) is 125 Å². The lowest BCUT2D eigenvalue weighted by molar-refractivity contribution is -0.137. The van der Waals surface area contributed by atoms with Gasteiger partial charge in [0, 0.05) is 23.9 Å². The summed E-state index contributed by atoms with van der Waals surface area (Å²) in [4.78, 5) is 41.2. The van der Waals surface area contributed by atoms with Gasteiger partial charge in [-0.25, -0.2) is 23.4 Å². The fourth-order valence-corrected chi connectivity index (χ4v) is 5.21. The third kappa shape index (κ3) is 4.84. The van der Waals surface area contributed by atoms with Crippen molar-refractivity contribution in [3.05, 3.63) is 93.4 Å². The highest BCUT2D eigenvalue weighted by molar-refractivity contribution is 7.22. The Balaban J connectivity index is 1.59. The van der Waals surface area contributed by atoms with E-state index in [1.54, 1.807) is 6.92 Å². The number of carbonyl (C=O) groups is 2. The standard InChI is InChI=1S/C26H18F4N6O3S/c1-12-34-35(2)25(39)36(12)16-6-7-17(19(27)11-16)24-33-20-10-14(26(28,29)30)9-18(21(20)40-24)23(38)32-15-5-3-4-13(8-15)22(31)37/h3-11H,1-2H3,(H2,31,37)(H,32,38). The van der Waals surface area contributed by atoms with Crippen LogP contribution in [0.2, 0.25) is 0 Å². The molecular weight excluding hydrogens is 552 g/mol. The van der Waals surface area contributed by atoms with Crippen molar-refractivity contribution in [2.24, 2.45) is 12.8 Å². The second-order valence-electron chi connectivity index (χ2n) is 8.74. The number of nitrogens with zero attached hydrogens (tertiary/aromatic N) is 4. The minimum Gasteiger partial charge on any atom is -0.366 e. The van der Waals surface area contributed by atoms with Crippen LogP contribution in [0.5, 0.6) is 0 Å². The summed E-state index contributed by atoms with van der Waals surface area (Å²) in [7, 11) is 1.45. The number of nitrogens with two attached hydrogens (primary N) is 1. The summed E-state index contributed by atoms with van der Waals surface area (Å²) in [6.45, 7) is 1.58. The van der Waals surface area contributed by atoms with Crippen molar-refractivity contribution >= 4 is 39.1 Å². The Kier molecular flexibility index (Phi) is 6.50. The minimum atomic E-state index is -4.79. The summed E-state index contributed by atoms with van der Waals surface area (Å²) in [6, 6.07) is 11.0. The van der Waals surface area contributed by atoms with Crippen molar-refractivity contribution in [2.45, 2.75) is 13.1 Å². The quantitative estimate of drug-likeness (QED) is 0.297. The molecule has 0 radical (unpaired) electrons. The number of primary amides is 1. The molecule has 0 bridgehead atoms. The summed E-state index contributed by atoms with van der Waals surface area (Å²) in [5.74, 6) is -2.09. The Morgan fingerprint density at radius 1 is 1.07 bits per heavy atom. The van der Waals surface area contributed by atoms with E-state index in [-0.39, 0.29) is 43.3 Å². The molecule has 0 saturated heterocycles. The Morgan fingerprint density at radius 2 is 1.82 bits per heavy atom. The first-order valence-electron chi connectivity index (χ1n) is 11.5. The number of alkyl halides is 3. The number of thiazole rings is 1. The number of aryl methyl sites for hydroxylation is 2. The maximum atomic E-state index is 15.3. The van der Waals surface area contributed by atoms with E-state index in [0.29, 0.717) is 11.9 Å². The number of hydrogen-bond donors (Lipinski definition) is 2. The van der Waals surface area contributed by atoms with E-state index < -0.39 is 35.1 Å². The lowest BCUT2D eigenvalue weighted by atomic mass is 10.1. The number of benzene rings is 3. The zero-order chi connectivity index (χ0) is 28.9. The minimum absolute atomic E-state index is 0.0263. The van der Waals surface area contributed by atoms with Gasteiger partial charge < -0.3 is 11.1 Å². The number of hydrogen-bond acceptors (Lipinski definition) is 6. The first-order chi connectivity index (χ1) is 18.8. The second-order valence-corrected chi connectivity index (χ2v) is 9.74. The zero-order valence-electron chi connectivity index (χ0n) is 20.7. The van der Waals surface area contributed by atoms with Gasteiger partial charge >= 0.3 is 11.9 Å². The van der Waals surface area contributed by atoms with Crippen molar-refractivity contribution in [1.29, 1.82) is 0 Å². The van der Waals surface area contributed by atoms with Gasteiger partial charge in [-0.05, 0) is 55.5 Å². The van der Waals surface area contributed by atoms with E-state index in [1.807, 2.05) is 0 Å². The summed E-state index contributed by atoms with van der Waals surface area (Å²) in [5.41, 5.74) is 3.56. The van der Waals surface area contributed by atoms with Crippen LogP contribution in [0, 0.1) is 12.7 Å². The summed E-state index contributed by atoms with van der Waals surface area (Å²) in [5, 5.41) is 6.51. The van der Waals surface area contributed by atoms with Gasteiger partial charge in [0.05, 0.1) is 27.0 Å². The summed E-state index contributed by atoms with van der Waals surface area (Å²) >= 11 is 0.831. The van der Waals surface area contributed by atoms with E-state index in [4.69, 9.17) is 5.73 Å². The molecule has 3 N–H and O–H groups in total. The van der Waals surface area contributed by atoms with Gasteiger partial charge in [-0.2, -0.15) is 18.3 Å². The number of aromatic nitrogens is 4. The van der Waals surface area contributed by atoms with Gasteiger partial charge in [-0.15, -0.1) is 11.3 Å².